The molecule has 0 aliphatic rings. The van der Waals surface area contributed by atoms with Gasteiger partial charge in [-0.2, -0.15) is 0 Å². The molecule has 0 aliphatic heterocycles. The van der Waals surface area contributed by atoms with Crippen LogP contribution in [0.3, 0.4) is 0 Å². The van der Waals surface area contributed by atoms with Crippen LogP contribution in [-0.2, 0) is 19.2 Å². The van der Waals surface area contributed by atoms with Gasteiger partial charge in [0.25, 0.3) is 0 Å². The van der Waals surface area contributed by atoms with Crippen LogP contribution < -0.4 is 22.1 Å². The second-order valence-electron chi connectivity index (χ2n) is 6.86. The van der Waals surface area contributed by atoms with Crippen LogP contribution in [0.25, 0.3) is 0 Å². The van der Waals surface area contributed by atoms with E-state index in [1.807, 2.05) is 0 Å². The largest absolute Gasteiger partial charge is 0.480 e. The van der Waals surface area contributed by atoms with Gasteiger partial charge < -0.3 is 27.2 Å². The number of carboxylic acid groups (broad SMARTS) is 1. The van der Waals surface area contributed by atoms with E-state index in [1.165, 1.54) is 0 Å². The van der Waals surface area contributed by atoms with E-state index >= 15 is 0 Å². The molecule has 9 nitrogen and oxygen atoms in total. The van der Waals surface area contributed by atoms with Gasteiger partial charge in [-0.1, -0.05) is 13.0 Å². The summed E-state index contributed by atoms with van der Waals surface area (Å²) in [5, 5.41) is 14.0. The minimum Gasteiger partial charge on any atom is -0.480 e. The van der Waals surface area contributed by atoms with Crippen LogP contribution in [0.1, 0.15) is 58.8 Å². The summed E-state index contributed by atoms with van der Waals surface area (Å²) in [4.78, 5) is 46.7. The molecule has 0 fully saturated rings. The Labute approximate surface area is 159 Å². The van der Waals surface area contributed by atoms with E-state index in [4.69, 9.17) is 16.6 Å². The van der Waals surface area contributed by atoms with Crippen molar-refractivity contribution in [2.45, 2.75) is 76.9 Å². The van der Waals surface area contributed by atoms with Gasteiger partial charge in [-0.15, -0.1) is 0 Å². The third kappa shape index (κ3) is 12.6. The first-order valence-electron chi connectivity index (χ1n) is 9.06. The molecule has 2 atom stereocenters. The van der Waals surface area contributed by atoms with Gasteiger partial charge in [0.1, 0.15) is 11.8 Å². The molecule has 0 radical (unpaired) electrons. The third-order valence-electron chi connectivity index (χ3n) is 3.75. The molecule has 2 unspecified atom stereocenters. The summed E-state index contributed by atoms with van der Waals surface area (Å²) in [6.45, 7) is 7.08. The maximum absolute atomic E-state index is 12.0. The minimum absolute atomic E-state index is 0.0822. The monoisotopic (exact) mass is 384 g/mol. The molecule has 0 aromatic carbocycles. The molecule has 27 heavy (non-hydrogen) atoms. The Morgan fingerprint density at radius 2 is 1.63 bits per heavy atom. The molecule has 154 valence electrons. The molecule has 0 saturated heterocycles. The number of ketones is 1. The first-order chi connectivity index (χ1) is 12.5. The number of hydrogen-bond acceptors (Lipinski definition) is 6. The highest BCUT2D eigenvalue weighted by molar-refractivity contribution is 5.91. The molecule has 7 N–H and O–H groups in total. The molecule has 0 aliphatic carbocycles. The van der Waals surface area contributed by atoms with Crippen molar-refractivity contribution in [2.24, 2.45) is 11.5 Å². The Morgan fingerprint density at radius 1 is 1.00 bits per heavy atom. The molecule has 0 saturated carbocycles. The number of hydrogen-bond donors (Lipinski definition) is 5. The molecular weight excluding hydrogens is 352 g/mol. The van der Waals surface area contributed by atoms with Crippen LogP contribution in [-0.4, -0.2) is 46.8 Å². The van der Waals surface area contributed by atoms with Crippen molar-refractivity contribution >= 4 is 23.6 Å². The summed E-state index contributed by atoms with van der Waals surface area (Å²) >= 11 is 0. The number of nitrogens with two attached hydrogens (primary N) is 2. The standard InChI is InChI=1S/C18H32N4O5/c1-11(2)21-17(25)10-14(18(26)27)22-16(24)9-8-15(23)13(20)7-5-4-6-12(3)19/h11,13-14H,3-10,19-20H2,1-2H3,(H,21,25)(H,22,24)(H,26,27). The van der Waals surface area contributed by atoms with E-state index in [2.05, 4.69) is 17.2 Å². The summed E-state index contributed by atoms with van der Waals surface area (Å²) in [6, 6.07) is -2.15. The molecule has 0 aromatic rings. The molecule has 0 rings (SSSR count). The zero-order valence-corrected chi connectivity index (χ0v) is 16.1. The SMILES string of the molecule is C=C(N)CCCCC(N)C(=O)CCC(=O)NC(CC(=O)NC(C)C)C(=O)O. The lowest BCUT2D eigenvalue weighted by Gasteiger charge is -2.16. The summed E-state index contributed by atoms with van der Waals surface area (Å²) < 4.78 is 0. The zero-order valence-electron chi connectivity index (χ0n) is 16.1. The maximum Gasteiger partial charge on any atom is 0.326 e. The second kappa shape index (κ2) is 12.9. The van der Waals surface area contributed by atoms with Gasteiger partial charge in [0.05, 0.1) is 12.5 Å². The lowest BCUT2D eigenvalue weighted by molar-refractivity contribution is -0.143. The number of carbonyl (C=O) groups is 4. The number of amides is 2. The van der Waals surface area contributed by atoms with Crippen molar-refractivity contribution in [1.29, 1.82) is 0 Å². The van der Waals surface area contributed by atoms with Gasteiger partial charge in [-0.3, -0.25) is 14.4 Å². The molecule has 0 bridgehead atoms. The van der Waals surface area contributed by atoms with Gasteiger partial charge in [0.2, 0.25) is 11.8 Å². The summed E-state index contributed by atoms with van der Waals surface area (Å²) in [5.41, 5.74) is 11.8. The number of carboxylic acids is 1. The van der Waals surface area contributed by atoms with E-state index in [-0.39, 0.29) is 31.1 Å². The highest BCUT2D eigenvalue weighted by Crippen LogP contribution is 2.07. The van der Waals surface area contributed by atoms with Gasteiger partial charge in [-0.05, 0) is 33.1 Å². The Hall–Kier alpha value is -2.42. The normalized spacial score (nSPS) is 12.9. The second-order valence-corrected chi connectivity index (χ2v) is 6.86. The Bertz CT molecular complexity index is 548. The van der Waals surface area contributed by atoms with Crippen LogP contribution in [0.15, 0.2) is 12.3 Å². The fraction of sp³-hybridized carbons (Fsp3) is 0.667. The van der Waals surface area contributed by atoms with E-state index in [0.717, 1.165) is 12.8 Å². The molecule has 0 aromatic heterocycles. The predicted octanol–water partition coefficient (Wildman–Crippen LogP) is 0.180. The summed E-state index contributed by atoms with van der Waals surface area (Å²) in [5.74, 6) is -2.66. The highest BCUT2D eigenvalue weighted by Gasteiger charge is 2.24. The third-order valence-corrected chi connectivity index (χ3v) is 3.75. The number of unbranched alkanes of at least 4 members (excludes halogenated alkanes) is 1. The average molecular weight is 384 g/mol. The molecule has 0 heterocycles. The zero-order chi connectivity index (χ0) is 21.0. The van der Waals surface area contributed by atoms with Crippen molar-refractivity contribution in [3.05, 3.63) is 12.3 Å². The number of Topliss-reactive ketones (excluding diaryl/α,β-unsaturated/α-hetero) is 1. The van der Waals surface area contributed by atoms with Crippen molar-refractivity contribution in [2.75, 3.05) is 0 Å². The van der Waals surface area contributed by atoms with Crippen LogP contribution >= 0.6 is 0 Å². The van der Waals surface area contributed by atoms with Gasteiger partial charge in [0, 0.05) is 24.6 Å². The smallest absolute Gasteiger partial charge is 0.326 e. The number of carbonyl (C=O) groups excluding carboxylic acids is 3. The maximum atomic E-state index is 12.0. The number of aliphatic carboxylic acids is 1. The quantitative estimate of drug-likeness (QED) is 0.266. The summed E-state index contributed by atoms with van der Waals surface area (Å²) in [6.07, 6.45) is 2.03. The fourth-order valence-corrected chi connectivity index (χ4v) is 2.33. The predicted molar refractivity (Wildman–Crippen MR) is 101 cm³/mol. The molecular formula is C18H32N4O5. The summed E-state index contributed by atoms with van der Waals surface area (Å²) in [7, 11) is 0. The topological polar surface area (TPSA) is 165 Å². The van der Waals surface area contributed by atoms with Crippen LogP contribution in [0, 0.1) is 0 Å². The number of rotatable bonds is 14. The number of nitrogens with one attached hydrogen (secondary N) is 2. The van der Waals surface area contributed by atoms with Crippen molar-refractivity contribution in [1.82, 2.24) is 10.6 Å². The van der Waals surface area contributed by atoms with E-state index in [1.54, 1.807) is 13.8 Å². The highest BCUT2D eigenvalue weighted by atomic mass is 16.4. The number of allylic oxidation sites excluding steroid dienone is 1. The van der Waals surface area contributed by atoms with Gasteiger partial charge in [-0.25, -0.2) is 4.79 Å². The van der Waals surface area contributed by atoms with Crippen LogP contribution in [0.2, 0.25) is 0 Å². The Kier molecular flexibility index (Phi) is 11.7. The molecule has 0 spiro atoms. The van der Waals surface area contributed by atoms with Crippen molar-refractivity contribution < 1.29 is 24.3 Å². The first kappa shape index (κ1) is 24.6. The van der Waals surface area contributed by atoms with E-state index in [0.29, 0.717) is 18.5 Å². The Balaban J connectivity index is 4.29. The van der Waals surface area contributed by atoms with E-state index < -0.39 is 29.9 Å². The van der Waals surface area contributed by atoms with Gasteiger partial charge in [0.15, 0.2) is 0 Å². The molecule has 2 amide bonds. The van der Waals surface area contributed by atoms with Gasteiger partial charge >= 0.3 is 5.97 Å². The van der Waals surface area contributed by atoms with Crippen LogP contribution in [0.4, 0.5) is 0 Å². The van der Waals surface area contributed by atoms with Crippen molar-refractivity contribution in [3.8, 4) is 0 Å². The average Bonchev–Trinajstić information content (AvgIpc) is 2.54. The fourth-order valence-electron chi connectivity index (χ4n) is 2.33. The lowest BCUT2D eigenvalue weighted by atomic mass is 10.0. The minimum atomic E-state index is -1.34. The van der Waals surface area contributed by atoms with Crippen LogP contribution in [0.5, 0.6) is 0 Å². The lowest BCUT2D eigenvalue weighted by Crippen LogP contribution is -2.45. The molecule has 9 heteroatoms. The Morgan fingerprint density at radius 3 is 2.15 bits per heavy atom. The van der Waals surface area contributed by atoms with E-state index in [9.17, 15) is 19.2 Å². The van der Waals surface area contributed by atoms with Crippen molar-refractivity contribution in [3.63, 3.8) is 0 Å². The first-order valence-corrected chi connectivity index (χ1v) is 9.06.